The van der Waals surface area contributed by atoms with Gasteiger partial charge in [-0.2, -0.15) is 0 Å². The van der Waals surface area contributed by atoms with Gasteiger partial charge in [0.25, 0.3) is 0 Å². The SMILES string of the molecule is CC.CC.CCN1CCN(C(=O)C2CCN(C)CC2)CC1. The molecular formula is C17H37N3O. The van der Waals surface area contributed by atoms with Gasteiger partial charge >= 0.3 is 0 Å². The molecule has 2 heterocycles. The zero-order valence-corrected chi connectivity index (χ0v) is 15.2. The Morgan fingerprint density at radius 2 is 1.38 bits per heavy atom. The summed E-state index contributed by atoms with van der Waals surface area (Å²) in [5.74, 6) is 0.702. The Balaban J connectivity index is 0.000000921. The van der Waals surface area contributed by atoms with Crippen LogP contribution in [-0.4, -0.2) is 73.5 Å². The van der Waals surface area contributed by atoms with Gasteiger partial charge in [0, 0.05) is 32.1 Å². The van der Waals surface area contributed by atoms with Crippen molar-refractivity contribution in [1.82, 2.24) is 14.7 Å². The third-order valence-electron chi connectivity index (χ3n) is 4.20. The maximum Gasteiger partial charge on any atom is 0.225 e. The highest BCUT2D eigenvalue weighted by Gasteiger charge is 2.29. The minimum atomic E-state index is 0.291. The second kappa shape index (κ2) is 12.0. The second-order valence-electron chi connectivity index (χ2n) is 5.34. The van der Waals surface area contributed by atoms with Crippen LogP contribution in [0.25, 0.3) is 0 Å². The summed E-state index contributed by atoms with van der Waals surface area (Å²) in [5.41, 5.74) is 0. The zero-order chi connectivity index (χ0) is 16.3. The van der Waals surface area contributed by atoms with E-state index >= 15 is 0 Å². The minimum Gasteiger partial charge on any atom is -0.340 e. The van der Waals surface area contributed by atoms with Crippen molar-refractivity contribution in [3.8, 4) is 0 Å². The lowest BCUT2D eigenvalue weighted by Crippen LogP contribution is -2.51. The predicted molar refractivity (Wildman–Crippen MR) is 91.6 cm³/mol. The molecule has 0 spiro atoms. The molecule has 1 amide bonds. The number of piperazine rings is 1. The van der Waals surface area contributed by atoms with Crippen molar-refractivity contribution in [3.05, 3.63) is 0 Å². The Morgan fingerprint density at radius 3 is 1.81 bits per heavy atom. The van der Waals surface area contributed by atoms with E-state index in [1.54, 1.807) is 0 Å². The number of piperidine rings is 1. The zero-order valence-electron chi connectivity index (χ0n) is 15.2. The van der Waals surface area contributed by atoms with Crippen LogP contribution in [0.4, 0.5) is 0 Å². The van der Waals surface area contributed by atoms with Gasteiger partial charge in [0.05, 0.1) is 0 Å². The van der Waals surface area contributed by atoms with Gasteiger partial charge in [-0.15, -0.1) is 0 Å². The van der Waals surface area contributed by atoms with E-state index in [1.165, 1.54) is 0 Å². The summed E-state index contributed by atoms with van der Waals surface area (Å²) >= 11 is 0. The van der Waals surface area contributed by atoms with Crippen LogP contribution in [0.15, 0.2) is 0 Å². The molecule has 0 bridgehead atoms. The van der Waals surface area contributed by atoms with Crippen LogP contribution < -0.4 is 0 Å². The first kappa shape index (κ1) is 20.4. The molecule has 126 valence electrons. The molecule has 0 atom stereocenters. The van der Waals surface area contributed by atoms with E-state index in [0.29, 0.717) is 11.8 Å². The number of likely N-dealkylation sites (N-methyl/N-ethyl adjacent to an activating group) is 1. The molecule has 0 aromatic rings. The molecule has 4 nitrogen and oxygen atoms in total. The van der Waals surface area contributed by atoms with E-state index in [1.807, 2.05) is 27.7 Å². The molecule has 0 saturated carbocycles. The van der Waals surface area contributed by atoms with Gasteiger partial charge in [0.2, 0.25) is 5.91 Å². The van der Waals surface area contributed by atoms with Crippen molar-refractivity contribution >= 4 is 5.91 Å². The van der Waals surface area contributed by atoms with Gasteiger partial charge < -0.3 is 14.7 Å². The summed E-state index contributed by atoms with van der Waals surface area (Å²) in [6.45, 7) is 17.4. The van der Waals surface area contributed by atoms with E-state index in [4.69, 9.17) is 0 Å². The maximum atomic E-state index is 12.3. The average Bonchev–Trinajstić information content (AvgIpc) is 2.58. The van der Waals surface area contributed by atoms with E-state index in [9.17, 15) is 4.79 Å². The molecule has 2 saturated heterocycles. The summed E-state index contributed by atoms with van der Waals surface area (Å²) < 4.78 is 0. The van der Waals surface area contributed by atoms with Crippen LogP contribution in [0.2, 0.25) is 0 Å². The van der Waals surface area contributed by atoms with Crippen molar-refractivity contribution < 1.29 is 4.79 Å². The number of hydrogen-bond donors (Lipinski definition) is 0. The van der Waals surface area contributed by atoms with E-state index in [2.05, 4.69) is 28.7 Å². The van der Waals surface area contributed by atoms with Gasteiger partial charge in [0.1, 0.15) is 0 Å². The number of carbonyl (C=O) groups is 1. The number of carbonyl (C=O) groups excluding carboxylic acids is 1. The summed E-state index contributed by atoms with van der Waals surface area (Å²) in [6.07, 6.45) is 2.09. The number of likely N-dealkylation sites (tertiary alicyclic amines) is 1. The third-order valence-corrected chi connectivity index (χ3v) is 4.20. The third kappa shape index (κ3) is 6.79. The number of rotatable bonds is 2. The molecule has 4 heteroatoms. The molecule has 0 aliphatic carbocycles. The maximum absolute atomic E-state index is 12.3. The first-order valence-corrected chi connectivity index (χ1v) is 8.90. The van der Waals surface area contributed by atoms with Crippen molar-refractivity contribution in [2.24, 2.45) is 5.92 Å². The van der Waals surface area contributed by atoms with Gasteiger partial charge in [0.15, 0.2) is 0 Å². The Labute approximate surface area is 132 Å². The van der Waals surface area contributed by atoms with Gasteiger partial charge in [-0.25, -0.2) is 0 Å². The molecule has 2 rings (SSSR count). The van der Waals surface area contributed by atoms with Crippen molar-refractivity contribution in [1.29, 1.82) is 0 Å². The molecule has 0 N–H and O–H groups in total. The fraction of sp³-hybridized carbons (Fsp3) is 0.941. The van der Waals surface area contributed by atoms with Crippen LogP contribution in [-0.2, 0) is 4.79 Å². The summed E-state index contributed by atoms with van der Waals surface area (Å²) in [7, 11) is 2.14. The fourth-order valence-electron chi connectivity index (χ4n) is 2.80. The lowest BCUT2D eigenvalue weighted by Gasteiger charge is -2.37. The fourth-order valence-corrected chi connectivity index (χ4v) is 2.80. The van der Waals surface area contributed by atoms with Crippen LogP contribution in [0, 0.1) is 5.92 Å². The average molecular weight is 300 g/mol. The Morgan fingerprint density at radius 1 is 0.905 bits per heavy atom. The molecule has 0 aromatic carbocycles. The highest BCUT2D eigenvalue weighted by molar-refractivity contribution is 5.79. The van der Waals surface area contributed by atoms with Gasteiger partial charge in [-0.3, -0.25) is 4.79 Å². The Hall–Kier alpha value is -0.610. The number of nitrogens with zero attached hydrogens (tertiary/aromatic N) is 3. The molecule has 0 radical (unpaired) electrons. The molecule has 21 heavy (non-hydrogen) atoms. The summed E-state index contributed by atoms with van der Waals surface area (Å²) in [4.78, 5) is 19.2. The summed E-state index contributed by atoms with van der Waals surface area (Å²) in [5, 5.41) is 0. The van der Waals surface area contributed by atoms with Gasteiger partial charge in [-0.1, -0.05) is 34.6 Å². The molecule has 2 fully saturated rings. The number of amides is 1. The molecule has 2 aliphatic heterocycles. The first-order chi connectivity index (χ1) is 10.2. The van der Waals surface area contributed by atoms with E-state index in [-0.39, 0.29) is 0 Å². The topological polar surface area (TPSA) is 26.8 Å². The van der Waals surface area contributed by atoms with Crippen molar-refractivity contribution in [2.45, 2.75) is 47.5 Å². The highest BCUT2D eigenvalue weighted by Crippen LogP contribution is 2.19. The summed E-state index contributed by atoms with van der Waals surface area (Å²) in [6, 6.07) is 0. The monoisotopic (exact) mass is 299 g/mol. The lowest BCUT2D eigenvalue weighted by atomic mass is 9.95. The molecule has 0 unspecified atom stereocenters. The smallest absolute Gasteiger partial charge is 0.225 e. The van der Waals surface area contributed by atoms with Crippen molar-refractivity contribution in [3.63, 3.8) is 0 Å². The lowest BCUT2D eigenvalue weighted by molar-refractivity contribution is -0.138. The quantitative estimate of drug-likeness (QED) is 0.784. The second-order valence-corrected chi connectivity index (χ2v) is 5.34. The van der Waals surface area contributed by atoms with Crippen LogP contribution in [0.5, 0.6) is 0 Å². The molecule has 0 aromatic heterocycles. The normalized spacial score (nSPS) is 21.0. The molecule has 2 aliphatic rings. The van der Waals surface area contributed by atoms with Crippen LogP contribution in [0.3, 0.4) is 0 Å². The standard InChI is InChI=1S/C13H25N3O.2C2H6/c1-3-15-8-10-16(11-9-15)13(17)12-4-6-14(2)7-5-12;2*1-2/h12H,3-11H2,1-2H3;2*1-2H3. The van der Waals surface area contributed by atoms with E-state index < -0.39 is 0 Å². The predicted octanol–water partition coefficient (Wildman–Crippen LogP) is 2.54. The highest BCUT2D eigenvalue weighted by atomic mass is 16.2. The van der Waals surface area contributed by atoms with Crippen LogP contribution >= 0.6 is 0 Å². The minimum absolute atomic E-state index is 0.291. The Kier molecular flexibility index (Phi) is 11.6. The largest absolute Gasteiger partial charge is 0.340 e. The van der Waals surface area contributed by atoms with Gasteiger partial charge in [-0.05, 0) is 39.5 Å². The number of hydrogen-bond acceptors (Lipinski definition) is 3. The Bertz CT molecular complexity index is 255. The molecular weight excluding hydrogens is 262 g/mol. The van der Waals surface area contributed by atoms with Crippen molar-refractivity contribution in [2.75, 3.05) is 52.9 Å². The van der Waals surface area contributed by atoms with E-state index in [0.717, 1.165) is 58.7 Å². The van der Waals surface area contributed by atoms with Crippen LogP contribution in [0.1, 0.15) is 47.5 Å². The first-order valence-electron chi connectivity index (χ1n) is 8.90.